The fraction of sp³-hybridized carbons (Fsp3) is 0.133. The highest BCUT2D eigenvalue weighted by atomic mass is 79.9. The number of halogens is 2. The second-order valence-corrected chi connectivity index (χ2v) is 5.65. The van der Waals surface area contributed by atoms with Crippen LogP contribution in [0.4, 0.5) is 5.69 Å². The van der Waals surface area contributed by atoms with Gasteiger partial charge in [-0.2, -0.15) is 0 Å². The van der Waals surface area contributed by atoms with Crippen molar-refractivity contribution in [2.24, 2.45) is 0 Å². The van der Waals surface area contributed by atoms with Gasteiger partial charge in [-0.25, -0.2) is 0 Å². The summed E-state index contributed by atoms with van der Waals surface area (Å²) < 4.78 is 5.77. The van der Waals surface area contributed by atoms with Crippen molar-refractivity contribution in [3.05, 3.63) is 57.0 Å². The molecule has 3 N–H and O–H groups in total. The van der Waals surface area contributed by atoms with E-state index in [0.717, 1.165) is 5.56 Å². The summed E-state index contributed by atoms with van der Waals surface area (Å²) in [6.07, 6.45) is 0. The summed E-state index contributed by atoms with van der Waals surface area (Å²) in [6, 6.07) is 10.4. The molecule has 0 aliphatic heterocycles. The molecule has 0 atom stereocenters. The van der Waals surface area contributed by atoms with Crippen LogP contribution in [-0.4, -0.2) is 13.0 Å². The molecule has 0 bridgehead atoms. The van der Waals surface area contributed by atoms with Gasteiger partial charge in [0.2, 0.25) is 0 Å². The predicted molar refractivity (Wildman–Crippen MR) is 87.7 cm³/mol. The summed E-state index contributed by atoms with van der Waals surface area (Å²) in [7, 11) is 1.56. The first-order valence-electron chi connectivity index (χ1n) is 6.17. The number of hydrogen-bond acceptors (Lipinski definition) is 3. The van der Waals surface area contributed by atoms with E-state index in [0.29, 0.717) is 33.0 Å². The van der Waals surface area contributed by atoms with E-state index < -0.39 is 0 Å². The van der Waals surface area contributed by atoms with Gasteiger partial charge in [0.05, 0.1) is 17.8 Å². The highest BCUT2D eigenvalue weighted by Gasteiger charge is 2.08. The standard InChI is InChI=1S/C15H14BrClN2O2/c1-21-14-5-2-9(6-13(14)18)8-19-15(20)10-3-4-12(17)11(16)7-10/h2-7H,8,18H2,1H3,(H,19,20). The van der Waals surface area contributed by atoms with Crippen LogP contribution in [0.2, 0.25) is 5.02 Å². The zero-order valence-corrected chi connectivity index (χ0v) is 13.7. The molecule has 2 rings (SSSR count). The Hall–Kier alpha value is -1.72. The molecule has 0 saturated heterocycles. The van der Waals surface area contributed by atoms with Gasteiger partial charge in [0.1, 0.15) is 5.75 Å². The molecule has 2 aromatic carbocycles. The SMILES string of the molecule is COc1ccc(CNC(=O)c2ccc(Cl)c(Br)c2)cc1N. The van der Waals surface area contributed by atoms with Gasteiger partial charge in [0.25, 0.3) is 5.91 Å². The summed E-state index contributed by atoms with van der Waals surface area (Å²) in [4.78, 5) is 12.1. The zero-order valence-electron chi connectivity index (χ0n) is 11.3. The lowest BCUT2D eigenvalue weighted by Gasteiger charge is -2.09. The Labute approximate surface area is 136 Å². The Morgan fingerprint density at radius 2 is 2.10 bits per heavy atom. The highest BCUT2D eigenvalue weighted by molar-refractivity contribution is 9.10. The van der Waals surface area contributed by atoms with Gasteiger partial charge in [0.15, 0.2) is 0 Å². The monoisotopic (exact) mass is 368 g/mol. The van der Waals surface area contributed by atoms with E-state index in [1.165, 1.54) is 0 Å². The molecule has 0 aliphatic carbocycles. The number of rotatable bonds is 4. The van der Waals surface area contributed by atoms with Crippen LogP contribution >= 0.6 is 27.5 Å². The van der Waals surface area contributed by atoms with Gasteiger partial charge in [0, 0.05) is 16.6 Å². The lowest BCUT2D eigenvalue weighted by atomic mass is 10.1. The first-order chi connectivity index (χ1) is 10.0. The van der Waals surface area contributed by atoms with Crippen molar-refractivity contribution in [1.29, 1.82) is 0 Å². The van der Waals surface area contributed by atoms with E-state index in [9.17, 15) is 4.79 Å². The summed E-state index contributed by atoms with van der Waals surface area (Å²) in [5, 5.41) is 3.39. The number of carbonyl (C=O) groups excluding carboxylic acids is 1. The summed E-state index contributed by atoms with van der Waals surface area (Å²) in [5.41, 5.74) is 7.80. The Morgan fingerprint density at radius 3 is 2.71 bits per heavy atom. The molecular weight excluding hydrogens is 356 g/mol. The molecule has 0 heterocycles. The first-order valence-corrected chi connectivity index (χ1v) is 7.34. The third kappa shape index (κ3) is 3.89. The number of carbonyl (C=O) groups is 1. The lowest BCUT2D eigenvalue weighted by Crippen LogP contribution is -2.22. The first kappa shape index (κ1) is 15.7. The minimum absolute atomic E-state index is 0.179. The third-order valence-corrected chi connectivity index (χ3v) is 4.14. The van der Waals surface area contributed by atoms with Gasteiger partial charge >= 0.3 is 0 Å². The van der Waals surface area contributed by atoms with Crippen LogP contribution in [0.5, 0.6) is 5.75 Å². The van der Waals surface area contributed by atoms with Crippen LogP contribution in [0.1, 0.15) is 15.9 Å². The molecule has 110 valence electrons. The minimum Gasteiger partial charge on any atom is -0.495 e. The second-order valence-electron chi connectivity index (χ2n) is 4.39. The molecule has 6 heteroatoms. The number of nitrogen functional groups attached to an aromatic ring is 1. The van der Waals surface area contributed by atoms with E-state index in [1.54, 1.807) is 37.4 Å². The molecule has 0 fully saturated rings. The number of amides is 1. The van der Waals surface area contributed by atoms with Gasteiger partial charge in [-0.05, 0) is 51.8 Å². The molecule has 2 aromatic rings. The molecule has 4 nitrogen and oxygen atoms in total. The molecule has 0 radical (unpaired) electrons. The normalized spacial score (nSPS) is 10.2. The highest BCUT2D eigenvalue weighted by Crippen LogP contribution is 2.24. The molecule has 0 spiro atoms. The minimum atomic E-state index is -0.179. The van der Waals surface area contributed by atoms with Crippen molar-refractivity contribution in [2.45, 2.75) is 6.54 Å². The molecule has 21 heavy (non-hydrogen) atoms. The van der Waals surface area contributed by atoms with E-state index in [1.807, 2.05) is 6.07 Å². The van der Waals surface area contributed by atoms with Crippen molar-refractivity contribution in [2.75, 3.05) is 12.8 Å². The van der Waals surface area contributed by atoms with Crippen LogP contribution in [0.3, 0.4) is 0 Å². The predicted octanol–water partition coefficient (Wildman–Crippen LogP) is 3.62. The van der Waals surface area contributed by atoms with Gasteiger partial charge < -0.3 is 15.8 Å². The van der Waals surface area contributed by atoms with Gasteiger partial charge in [-0.15, -0.1) is 0 Å². The maximum Gasteiger partial charge on any atom is 0.251 e. The molecule has 0 aromatic heterocycles. The Morgan fingerprint density at radius 1 is 1.33 bits per heavy atom. The van der Waals surface area contributed by atoms with Crippen molar-refractivity contribution in [3.63, 3.8) is 0 Å². The number of ether oxygens (including phenoxy) is 1. The smallest absolute Gasteiger partial charge is 0.251 e. The summed E-state index contributed by atoms with van der Waals surface area (Å²) in [6.45, 7) is 0.382. The largest absolute Gasteiger partial charge is 0.495 e. The van der Waals surface area contributed by atoms with Crippen molar-refractivity contribution in [1.82, 2.24) is 5.32 Å². The van der Waals surface area contributed by atoms with Gasteiger partial charge in [-0.1, -0.05) is 17.7 Å². The fourth-order valence-electron chi connectivity index (χ4n) is 1.82. The number of benzene rings is 2. The van der Waals surface area contributed by atoms with Crippen LogP contribution < -0.4 is 15.8 Å². The summed E-state index contributed by atoms with van der Waals surface area (Å²) >= 11 is 9.19. The molecular formula is C15H14BrClN2O2. The maximum atomic E-state index is 12.1. The van der Waals surface area contributed by atoms with E-state index in [4.69, 9.17) is 22.1 Å². The maximum absolute atomic E-state index is 12.1. The lowest BCUT2D eigenvalue weighted by molar-refractivity contribution is 0.0951. The number of methoxy groups -OCH3 is 1. The molecule has 0 aliphatic rings. The topological polar surface area (TPSA) is 64.3 Å². The van der Waals surface area contributed by atoms with Crippen molar-refractivity contribution < 1.29 is 9.53 Å². The quantitative estimate of drug-likeness (QED) is 0.809. The second kappa shape index (κ2) is 6.83. The van der Waals surface area contributed by atoms with E-state index in [-0.39, 0.29) is 5.91 Å². The number of nitrogens with one attached hydrogen (secondary N) is 1. The Kier molecular flexibility index (Phi) is 5.09. The molecule has 0 saturated carbocycles. The number of anilines is 1. The van der Waals surface area contributed by atoms with Crippen molar-refractivity contribution >= 4 is 39.1 Å². The van der Waals surface area contributed by atoms with Crippen LogP contribution in [-0.2, 0) is 6.54 Å². The zero-order chi connectivity index (χ0) is 15.4. The van der Waals surface area contributed by atoms with E-state index >= 15 is 0 Å². The number of hydrogen-bond donors (Lipinski definition) is 2. The Balaban J connectivity index is 2.03. The Bertz CT molecular complexity index is 677. The van der Waals surface area contributed by atoms with Crippen molar-refractivity contribution in [3.8, 4) is 5.75 Å². The van der Waals surface area contributed by atoms with Crippen LogP contribution in [0.15, 0.2) is 40.9 Å². The molecule has 0 unspecified atom stereocenters. The third-order valence-electron chi connectivity index (χ3n) is 2.93. The van der Waals surface area contributed by atoms with E-state index in [2.05, 4.69) is 21.2 Å². The fourth-order valence-corrected chi connectivity index (χ4v) is 2.31. The average molecular weight is 370 g/mol. The average Bonchev–Trinajstić information content (AvgIpc) is 2.47. The van der Waals surface area contributed by atoms with Gasteiger partial charge in [-0.3, -0.25) is 4.79 Å². The summed E-state index contributed by atoms with van der Waals surface area (Å²) in [5.74, 6) is 0.438. The molecule has 1 amide bonds. The van der Waals surface area contributed by atoms with Crippen LogP contribution in [0, 0.1) is 0 Å². The number of nitrogens with two attached hydrogens (primary N) is 1. The van der Waals surface area contributed by atoms with Crippen LogP contribution in [0.25, 0.3) is 0 Å².